The van der Waals surface area contributed by atoms with Crippen LogP contribution in [0.2, 0.25) is 0 Å². The summed E-state index contributed by atoms with van der Waals surface area (Å²) in [6.07, 6.45) is 7.23. The molecule has 0 saturated heterocycles. The minimum Gasteiger partial charge on any atom is -0.392 e. The largest absolute Gasteiger partial charge is 0.392 e. The van der Waals surface area contributed by atoms with Gasteiger partial charge in [-0.1, -0.05) is 12.2 Å². The van der Waals surface area contributed by atoms with Crippen molar-refractivity contribution in [2.24, 2.45) is 0 Å². The van der Waals surface area contributed by atoms with Crippen molar-refractivity contribution in [3.8, 4) is 0 Å². The molecule has 0 radical (unpaired) electrons. The standard InChI is InChI=1S/C8H10O/c9-8-4-6-2-1-3-7(6)5-8/h2-3,8-9H,1,4-5H2. The smallest absolute Gasteiger partial charge is 0.0620 e. The molecule has 0 aromatic rings. The van der Waals surface area contributed by atoms with Gasteiger partial charge in [0.15, 0.2) is 0 Å². The minimum atomic E-state index is -0.0807. The first-order chi connectivity index (χ1) is 4.36. The molecule has 9 heavy (non-hydrogen) atoms. The van der Waals surface area contributed by atoms with Crippen LogP contribution in [0.15, 0.2) is 23.3 Å². The van der Waals surface area contributed by atoms with Crippen molar-refractivity contribution in [1.82, 2.24) is 0 Å². The second-order valence-electron chi connectivity index (χ2n) is 2.76. The van der Waals surface area contributed by atoms with Crippen molar-refractivity contribution in [2.75, 3.05) is 0 Å². The van der Waals surface area contributed by atoms with Crippen LogP contribution in [0.4, 0.5) is 0 Å². The van der Waals surface area contributed by atoms with Gasteiger partial charge >= 0.3 is 0 Å². The van der Waals surface area contributed by atoms with Gasteiger partial charge in [-0.2, -0.15) is 0 Å². The van der Waals surface area contributed by atoms with E-state index in [4.69, 9.17) is 5.11 Å². The second kappa shape index (κ2) is 1.71. The predicted molar refractivity (Wildman–Crippen MR) is 36.0 cm³/mol. The third-order valence-electron chi connectivity index (χ3n) is 2.05. The first-order valence-electron chi connectivity index (χ1n) is 3.43. The Bertz CT molecular complexity index is 169. The van der Waals surface area contributed by atoms with Gasteiger partial charge in [0.25, 0.3) is 0 Å². The van der Waals surface area contributed by atoms with Crippen molar-refractivity contribution >= 4 is 0 Å². The summed E-state index contributed by atoms with van der Waals surface area (Å²) in [6, 6.07) is 0. The van der Waals surface area contributed by atoms with E-state index in [-0.39, 0.29) is 6.10 Å². The molecule has 0 bridgehead atoms. The summed E-state index contributed by atoms with van der Waals surface area (Å²) in [5, 5.41) is 9.15. The first-order valence-corrected chi connectivity index (χ1v) is 3.43. The lowest BCUT2D eigenvalue weighted by molar-refractivity contribution is 0.190. The normalized spacial score (nSPS) is 25.9. The Morgan fingerprint density at radius 2 is 1.78 bits per heavy atom. The summed E-state index contributed by atoms with van der Waals surface area (Å²) in [4.78, 5) is 0. The molecule has 0 aromatic carbocycles. The van der Waals surface area contributed by atoms with Crippen LogP contribution < -0.4 is 0 Å². The average molecular weight is 122 g/mol. The van der Waals surface area contributed by atoms with Gasteiger partial charge in [-0.05, 0) is 30.4 Å². The van der Waals surface area contributed by atoms with E-state index in [0.29, 0.717) is 0 Å². The average Bonchev–Trinajstić information content (AvgIpc) is 2.22. The van der Waals surface area contributed by atoms with Crippen molar-refractivity contribution in [3.05, 3.63) is 23.3 Å². The van der Waals surface area contributed by atoms with E-state index in [1.807, 2.05) is 0 Å². The van der Waals surface area contributed by atoms with Crippen molar-refractivity contribution in [2.45, 2.75) is 25.4 Å². The number of aliphatic hydroxyl groups excluding tert-OH is 1. The molecule has 0 heterocycles. The molecule has 2 aliphatic rings. The van der Waals surface area contributed by atoms with Gasteiger partial charge in [-0.3, -0.25) is 0 Å². The number of hydrogen-bond donors (Lipinski definition) is 1. The zero-order valence-electron chi connectivity index (χ0n) is 5.30. The van der Waals surface area contributed by atoms with Crippen LogP contribution in [-0.4, -0.2) is 11.2 Å². The van der Waals surface area contributed by atoms with Crippen LogP contribution in [0, 0.1) is 0 Å². The van der Waals surface area contributed by atoms with Crippen LogP contribution >= 0.6 is 0 Å². The molecular formula is C8H10O. The lowest BCUT2D eigenvalue weighted by Crippen LogP contribution is -1.96. The summed E-state index contributed by atoms with van der Waals surface area (Å²) < 4.78 is 0. The van der Waals surface area contributed by atoms with Crippen LogP contribution in [0.25, 0.3) is 0 Å². The highest BCUT2D eigenvalue weighted by molar-refractivity contribution is 5.41. The topological polar surface area (TPSA) is 20.2 Å². The van der Waals surface area contributed by atoms with Crippen molar-refractivity contribution in [3.63, 3.8) is 0 Å². The Balaban J connectivity index is 2.28. The molecule has 0 unspecified atom stereocenters. The lowest BCUT2D eigenvalue weighted by atomic mass is 10.2. The van der Waals surface area contributed by atoms with E-state index in [9.17, 15) is 0 Å². The van der Waals surface area contributed by atoms with Gasteiger partial charge < -0.3 is 5.11 Å². The highest BCUT2D eigenvalue weighted by Gasteiger charge is 2.23. The molecule has 48 valence electrons. The van der Waals surface area contributed by atoms with Gasteiger partial charge in [-0.25, -0.2) is 0 Å². The molecule has 1 heteroatoms. The summed E-state index contributed by atoms with van der Waals surface area (Å²) in [5.41, 5.74) is 2.78. The van der Waals surface area contributed by atoms with Gasteiger partial charge in [-0.15, -0.1) is 0 Å². The number of fused-ring (bicyclic) bond motifs is 1. The molecule has 1 saturated carbocycles. The van der Waals surface area contributed by atoms with E-state index >= 15 is 0 Å². The van der Waals surface area contributed by atoms with Gasteiger partial charge in [0, 0.05) is 0 Å². The third kappa shape index (κ3) is 0.724. The van der Waals surface area contributed by atoms with Crippen LogP contribution in [0.1, 0.15) is 19.3 Å². The zero-order chi connectivity index (χ0) is 6.27. The quantitative estimate of drug-likeness (QED) is 0.515. The molecule has 0 aliphatic heterocycles. The number of hydrogen-bond acceptors (Lipinski definition) is 1. The summed E-state index contributed by atoms with van der Waals surface area (Å²) >= 11 is 0. The Hall–Kier alpha value is -0.560. The summed E-state index contributed by atoms with van der Waals surface area (Å²) in [6.45, 7) is 0. The molecule has 1 fully saturated rings. The number of rotatable bonds is 0. The summed E-state index contributed by atoms with van der Waals surface area (Å²) in [7, 11) is 0. The van der Waals surface area contributed by atoms with E-state index in [1.54, 1.807) is 0 Å². The fourth-order valence-electron chi connectivity index (χ4n) is 1.61. The van der Waals surface area contributed by atoms with Crippen LogP contribution in [0.5, 0.6) is 0 Å². The van der Waals surface area contributed by atoms with Crippen molar-refractivity contribution in [1.29, 1.82) is 0 Å². The Morgan fingerprint density at radius 1 is 1.22 bits per heavy atom. The maximum atomic E-state index is 9.15. The minimum absolute atomic E-state index is 0.0807. The van der Waals surface area contributed by atoms with E-state index in [1.165, 1.54) is 11.1 Å². The molecular weight excluding hydrogens is 112 g/mol. The number of allylic oxidation sites excluding steroid dienone is 2. The third-order valence-corrected chi connectivity index (χ3v) is 2.05. The Morgan fingerprint density at radius 3 is 2.33 bits per heavy atom. The highest BCUT2D eigenvalue weighted by Crippen LogP contribution is 2.34. The van der Waals surface area contributed by atoms with E-state index < -0.39 is 0 Å². The SMILES string of the molecule is OC1CC2=CCC=C2C1. The fourth-order valence-corrected chi connectivity index (χ4v) is 1.61. The Labute approximate surface area is 54.7 Å². The Kier molecular flexibility index (Phi) is 0.995. The monoisotopic (exact) mass is 122 g/mol. The summed E-state index contributed by atoms with van der Waals surface area (Å²) in [5.74, 6) is 0. The van der Waals surface area contributed by atoms with Gasteiger partial charge in [0.05, 0.1) is 6.10 Å². The molecule has 1 N–H and O–H groups in total. The van der Waals surface area contributed by atoms with Crippen LogP contribution in [-0.2, 0) is 0 Å². The van der Waals surface area contributed by atoms with Gasteiger partial charge in [0.1, 0.15) is 0 Å². The lowest BCUT2D eigenvalue weighted by Gasteiger charge is -1.93. The zero-order valence-corrected chi connectivity index (χ0v) is 5.30. The van der Waals surface area contributed by atoms with Crippen LogP contribution in [0.3, 0.4) is 0 Å². The molecule has 1 nitrogen and oxygen atoms in total. The molecule has 0 spiro atoms. The molecule has 0 amide bonds. The van der Waals surface area contributed by atoms with Gasteiger partial charge in [0.2, 0.25) is 0 Å². The molecule has 2 aliphatic carbocycles. The second-order valence-corrected chi connectivity index (χ2v) is 2.76. The van der Waals surface area contributed by atoms with E-state index in [2.05, 4.69) is 12.2 Å². The van der Waals surface area contributed by atoms with Crippen molar-refractivity contribution < 1.29 is 5.11 Å². The number of aliphatic hydroxyl groups is 1. The highest BCUT2D eigenvalue weighted by atomic mass is 16.3. The first kappa shape index (κ1) is 5.24. The maximum Gasteiger partial charge on any atom is 0.0620 e. The maximum absolute atomic E-state index is 9.15. The molecule has 0 atom stereocenters. The predicted octanol–water partition coefficient (Wildman–Crippen LogP) is 1.40. The molecule has 0 aromatic heterocycles. The fraction of sp³-hybridized carbons (Fsp3) is 0.500. The molecule has 2 rings (SSSR count). The van der Waals surface area contributed by atoms with E-state index in [0.717, 1.165) is 19.3 Å².